The van der Waals surface area contributed by atoms with Gasteiger partial charge in [-0.3, -0.25) is 14.3 Å². The molecule has 5 aromatic heterocycles. The molecule has 0 bridgehead atoms. The fourth-order valence-electron chi connectivity index (χ4n) is 4.53. The van der Waals surface area contributed by atoms with Crippen molar-refractivity contribution in [3.05, 3.63) is 113 Å². The second-order valence-electron chi connectivity index (χ2n) is 9.21. The van der Waals surface area contributed by atoms with Crippen molar-refractivity contribution < 1.29 is 26.7 Å². The van der Waals surface area contributed by atoms with Crippen molar-refractivity contribution in [2.45, 2.75) is 18.8 Å². The maximum Gasteiger partial charge on any atom is 0.433 e. The number of aromatic nitrogens is 10. The minimum Gasteiger partial charge on any atom is -0.618 e. The second kappa shape index (κ2) is 10.9. The molecule has 0 N–H and O–H groups in total. The first-order valence-corrected chi connectivity index (χ1v) is 12.7. The topological polar surface area (TPSA) is 119 Å². The van der Waals surface area contributed by atoms with Crippen LogP contribution < -0.4 is 4.73 Å². The van der Waals surface area contributed by atoms with Gasteiger partial charge in [0.05, 0.1) is 47.0 Å². The first-order chi connectivity index (χ1) is 20.6. The third-order valence-electron chi connectivity index (χ3n) is 6.51. The van der Waals surface area contributed by atoms with Crippen LogP contribution in [0.3, 0.4) is 0 Å². The summed E-state index contributed by atoms with van der Waals surface area (Å²) in [7, 11) is 0. The van der Waals surface area contributed by atoms with Crippen LogP contribution in [0.25, 0.3) is 27.9 Å². The van der Waals surface area contributed by atoms with Crippen LogP contribution in [-0.4, -0.2) is 44.8 Å². The molecule has 218 valence electrons. The standard InChI is InChI=1S/C26H16ClF5N10O/c27-19-2-4-21(41-14-34-37-38-41)24(25(19)29)16-1-3-20(42(43)11-16)22(13-39-12-18(28)9-35-39)40-10-17(8-36-40)15-5-6-33-23(7-15)26(30,31)32/h1-12,14,22H,13H2/t22-/m1/s1. The average molecular weight is 615 g/mol. The molecule has 0 aliphatic carbocycles. The highest BCUT2D eigenvalue weighted by molar-refractivity contribution is 6.31. The number of tetrazole rings is 1. The Kier molecular flexibility index (Phi) is 7.05. The van der Waals surface area contributed by atoms with Crippen molar-refractivity contribution in [3.8, 4) is 27.9 Å². The van der Waals surface area contributed by atoms with Gasteiger partial charge in [0.25, 0.3) is 0 Å². The number of benzene rings is 1. The van der Waals surface area contributed by atoms with E-state index in [2.05, 4.69) is 30.7 Å². The summed E-state index contributed by atoms with van der Waals surface area (Å²) in [6, 6.07) is 7.06. The molecule has 1 aromatic carbocycles. The predicted molar refractivity (Wildman–Crippen MR) is 139 cm³/mol. The molecule has 5 heterocycles. The number of nitrogens with zero attached hydrogens (tertiary/aromatic N) is 10. The lowest BCUT2D eigenvalue weighted by atomic mass is 10.0. The van der Waals surface area contributed by atoms with Crippen LogP contribution in [0.5, 0.6) is 0 Å². The van der Waals surface area contributed by atoms with Gasteiger partial charge >= 0.3 is 6.18 Å². The lowest BCUT2D eigenvalue weighted by Gasteiger charge is -2.18. The highest BCUT2D eigenvalue weighted by Gasteiger charge is 2.33. The molecule has 0 unspecified atom stereocenters. The van der Waals surface area contributed by atoms with Crippen LogP contribution in [0.1, 0.15) is 17.4 Å². The first-order valence-electron chi connectivity index (χ1n) is 12.3. The Labute approximate surface area is 243 Å². The molecule has 0 aliphatic rings. The fourth-order valence-corrected chi connectivity index (χ4v) is 4.68. The van der Waals surface area contributed by atoms with Gasteiger partial charge in [0, 0.05) is 24.0 Å². The van der Waals surface area contributed by atoms with Crippen molar-refractivity contribution >= 4 is 11.6 Å². The Morgan fingerprint density at radius 3 is 2.51 bits per heavy atom. The summed E-state index contributed by atoms with van der Waals surface area (Å²) >= 11 is 6.04. The number of hydrogen-bond acceptors (Lipinski definition) is 7. The summed E-state index contributed by atoms with van der Waals surface area (Å²) in [4.78, 5) is 3.37. The summed E-state index contributed by atoms with van der Waals surface area (Å²) in [5, 5.41) is 32.4. The van der Waals surface area contributed by atoms with Crippen molar-refractivity contribution in [1.29, 1.82) is 0 Å². The number of hydrogen-bond donors (Lipinski definition) is 0. The van der Waals surface area contributed by atoms with E-state index in [1.807, 2.05) is 0 Å². The predicted octanol–water partition coefficient (Wildman–Crippen LogP) is 4.66. The van der Waals surface area contributed by atoms with Gasteiger partial charge in [-0.15, -0.1) is 5.10 Å². The fraction of sp³-hybridized carbons (Fsp3) is 0.115. The van der Waals surface area contributed by atoms with Crippen LogP contribution in [0, 0.1) is 16.8 Å². The van der Waals surface area contributed by atoms with Gasteiger partial charge in [0.2, 0.25) is 5.69 Å². The normalized spacial score (nSPS) is 12.5. The van der Waals surface area contributed by atoms with E-state index in [0.717, 1.165) is 30.9 Å². The monoisotopic (exact) mass is 614 g/mol. The number of halogens is 6. The Hall–Kier alpha value is -5.25. The Bertz CT molecular complexity index is 1920. The molecular weight excluding hydrogens is 599 g/mol. The third-order valence-corrected chi connectivity index (χ3v) is 6.80. The maximum absolute atomic E-state index is 15.3. The SMILES string of the molecule is [O-][n+]1cc(-c2c(-n3cnnn3)ccc(Cl)c2F)ccc1[C@@H](Cn1cc(F)cn1)n1cc(-c2ccnc(C(F)(F)F)c2)cn1. The molecule has 0 radical (unpaired) electrons. The number of rotatable bonds is 7. The molecule has 0 fully saturated rings. The van der Waals surface area contributed by atoms with Gasteiger partial charge in [-0.05, 0) is 46.3 Å². The van der Waals surface area contributed by atoms with Gasteiger partial charge in [0.1, 0.15) is 12.0 Å². The lowest BCUT2D eigenvalue weighted by molar-refractivity contribution is -0.615. The van der Waals surface area contributed by atoms with E-state index in [1.165, 1.54) is 63.1 Å². The van der Waals surface area contributed by atoms with Gasteiger partial charge < -0.3 is 5.21 Å². The van der Waals surface area contributed by atoms with Gasteiger partial charge in [0.15, 0.2) is 23.9 Å². The molecular formula is C26H16ClF5N10O. The number of pyridine rings is 2. The molecule has 43 heavy (non-hydrogen) atoms. The van der Waals surface area contributed by atoms with E-state index in [-0.39, 0.29) is 39.6 Å². The van der Waals surface area contributed by atoms with Gasteiger partial charge in [-0.1, -0.05) is 11.6 Å². The van der Waals surface area contributed by atoms with E-state index in [4.69, 9.17) is 11.6 Å². The van der Waals surface area contributed by atoms with Crippen molar-refractivity contribution in [2.75, 3.05) is 0 Å². The zero-order valence-electron chi connectivity index (χ0n) is 21.4. The van der Waals surface area contributed by atoms with Gasteiger partial charge in [-0.25, -0.2) is 8.78 Å². The van der Waals surface area contributed by atoms with E-state index >= 15 is 4.39 Å². The van der Waals surface area contributed by atoms with Crippen molar-refractivity contribution in [2.24, 2.45) is 0 Å². The molecule has 0 amide bonds. The van der Waals surface area contributed by atoms with Crippen LogP contribution in [0.15, 0.2) is 79.9 Å². The van der Waals surface area contributed by atoms with Crippen LogP contribution in [0.2, 0.25) is 5.02 Å². The third kappa shape index (κ3) is 5.51. The maximum atomic E-state index is 15.3. The van der Waals surface area contributed by atoms with Gasteiger partial charge in [-0.2, -0.15) is 32.8 Å². The smallest absolute Gasteiger partial charge is 0.433 e. The Morgan fingerprint density at radius 2 is 1.81 bits per heavy atom. The molecule has 6 rings (SSSR count). The van der Waals surface area contributed by atoms with Crippen LogP contribution in [-0.2, 0) is 12.7 Å². The second-order valence-corrected chi connectivity index (χ2v) is 9.62. The summed E-state index contributed by atoms with van der Waals surface area (Å²) in [6.07, 6.45) is 3.62. The van der Waals surface area contributed by atoms with E-state index in [9.17, 15) is 22.8 Å². The molecule has 0 aliphatic heterocycles. The Morgan fingerprint density at radius 1 is 0.977 bits per heavy atom. The van der Waals surface area contributed by atoms with Crippen LogP contribution >= 0.6 is 11.6 Å². The molecule has 17 heteroatoms. The first kappa shape index (κ1) is 27.9. The highest BCUT2D eigenvalue weighted by Crippen LogP contribution is 2.34. The van der Waals surface area contributed by atoms with Crippen molar-refractivity contribution in [3.63, 3.8) is 0 Å². The summed E-state index contributed by atoms with van der Waals surface area (Å²) in [6.45, 7) is -0.0851. The molecule has 0 spiro atoms. The van der Waals surface area contributed by atoms with E-state index < -0.39 is 29.5 Å². The zero-order chi connectivity index (χ0) is 30.3. The average Bonchev–Trinajstić information content (AvgIpc) is 3.76. The molecule has 0 saturated heterocycles. The number of alkyl halides is 3. The Balaban J connectivity index is 1.42. The lowest BCUT2D eigenvalue weighted by Crippen LogP contribution is -2.37. The van der Waals surface area contributed by atoms with E-state index in [0.29, 0.717) is 10.3 Å². The summed E-state index contributed by atoms with van der Waals surface area (Å²) in [5.74, 6) is -1.42. The summed E-state index contributed by atoms with van der Waals surface area (Å²) in [5.41, 5.74) is -0.169. The van der Waals surface area contributed by atoms with Crippen LogP contribution in [0.4, 0.5) is 22.0 Å². The molecule has 0 saturated carbocycles. The van der Waals surface area contributed by atoms with Crippen molar-refractivity contribution in [1.82, 2.24) is 44.8 Å². The van der Waals surface area contributed by atoms with E-state index in [1.54, 1.807) is 0 Å². The largest absolute Gasteiger partial charge is 0.618 e. The minimum atomic E-state index is -4.65. The highest BCUT2D eigenvalue weighted by atomic mass is 35.5. The summed E-state index contributed by atoms with van der Waals surface area (Å²) < 4.78 is 73.0. The molecule has 11 nitrogen and oxygen atoms in total. The zero-order valence-corrected chi connectivity index (χ0v) is 22.2. The minimum absolute atomic E-state index is 0.0406. The quantitative estimate of drug-likeness (QED) is 0.146. The molecule has 1 atom stereocenters. The molecule has 6 aromatic rings.